The van der Waals surface area contributed by atoms with Crippen LogP contribution in [0.3, 0.4) is 0 Å². The molecule has 0 aliphatic heterocycles. The summed E-state index contributed by atoms with van der Waals surface area (Å²) in [6.07, 6.45) is 0.796. The van der Waals surface area contributed by atoms with E-state index in [0.717, 1.165) is 18.7 Å². The molecule has 1 unspecified atom stereocenters. The second-order valence-electron chi connectivity index (χ2n) is 9.28. The lowest BCUT2D eigenvalue weighted by Gasteiger charge is -2.27. The Morgan fingerprint density at radius 2 is 1.47 bits per heavy atom. The summed E-state index contributed by atoms with van der Waals surface area (Å²) < 4.78 is 11.9. The van der Waals surface area contributed by atoms with Gasteiger partial charge < -0.3 is 43.3 Å². The zero-order valence-electron chi connectivity index (χ0n) is 19.9. The van der Waals surface area contributed by atoms with Crippen molar-refractivity contribution >= 4 is 17.6 Å². The van der Waals surface area contributed by atoms with Gasteiger partial charge in [-0.25, -0.2) is 4.79 Å². The third-order valence-electron chi connectivity index (χ3n) is 4.57. The Morgan fingerprint density at radius 1 is 0.906 bits per heavy atom. The van der Waals surface area contributed by atoms with Gasteiger partial charge in [-0.05, 0) is 67.8 Å². The molecule has 1 amide bonds. The first-order chi connectivity index (χ1) is 14.5. The Labute approximate surface area is 208 Å². The zero-order chi connectivity index (χ0) is 23.0. The number of ether oxygens (including phenoxy) is 2. The van der Waals surface area contributed by atoms with Crippen molar-refractivity contribution in [3.63, 3.8) is 0 Å². The molecule has 0 heterocycles. The topological polar surface area (TPSA) is 64.6 Å². The van der Waals surface area contributed by atoms with Crippen LogP contribution in [0.2, 0.25) is 0 Å². The maximum absolute atomic E-state index is 12.5. The van der Waals surface area contributed by atoms with Crippen molar-refractivity contribution in [2.75, 3.05) is 39.6 Å². The van der Waals surface area contributed by atoms with E-state index in [4.69, 9.17) is 9.47 Å². The fourth-order valence-corrected chi connectivity index (χ4v) is 3.07. The molecule has 0 radical (unpaired) electrons. The van der Waals surface area contributed by atoms with Crippen LogP contribution in [0.5, 0.6) is 5.75 Å². The number of quaternary nitrogens is 1. The van der Waals surface area contributed by atoms with Crippen LogP contribution in [-0.4, -0.2) is 56.8 Å². The fraction of sp³-hybridized carbons (Fsp3) is 0.440. The highest BCUT2D eigenvalue weighted by atomic mass is 127. The average molecular weight is 554 g/mol. The highest BCUT2D eigenvalue weighted by Gasteiger charge is 2.18. The molecule has 0 fully saturated rings. The van der Waals surface area contributed by atoms with Crippen molar-refractivity contribution in [2.24, 2.45) is 5.92 Å². The van der Waals surface area contributed by atoms with Gasteiger partial charge in [0.15, 0.2) is 0 Å². The Bertz CT molecular complexity index is 859. The lowest BCUT2D eigenvalue weighted by Crippen LogP contribution is -3.00. The summed E-state index contributed by atoms with van der Waals surface area (Å²) in [4.78, 5) is 24.8. The molecular weight excluding hydrogens is 519 g/mol. The number of nitrogens with zero attached hydrogens (tertiary/aromatic N) is 1. The summed E-state index contributed by atoms with van der Waals surface area (Å²) in [5.41, 5.74) is 1.60. The van der Waals surface area contributed by atoms with E-state index in [1.165, 1.54) is 0 Å². The van der Waals surface area contributed by atoms with Gasteiger partial charge in [-0.3, -0.25) is 4.79 Å². The van der Waals surface area contributed by atoms with Gasteiger partial charge in [0.2, 0.25) is 0 Å². The highest BCUT2D eigenvalue weighted by molar-refractivity contribution is 6.04. The van der Waals surface area contributed by atoms with E-state index in [1.54, 1.807) is 48.5 Å². The molecule has 32 heavy (non-hydrogen) atoms. The Balaban J connectivity index is 0.00000512. The SMILES string of the molecule is CC(C)CCOc1ccc(C(=O)Nc2ccc(C(=O)OC(C)C[N+](C)(C)C)cc2)cc1.[I-]. The van der Waals surface area contributed by atoms with Crippen LogP contribution >= 0.6 is 0 Å². The molecule has 2 rings (SSSR count). The summed E-state index contributed by atoms with van der Waals surface area (Å²) in [5, 5.41) is 2.84. The van der Waals surface area contributed by atoms with Crippen molar-refractivity contribution in [3.8, 4) is 5.75 Å². The van der Waals surface area contributed by atoms with E-state index < -0.39 is 0 Å². The minimum atomic E-state index is -0.369. The van der Waals surface area contributed by atoms with Crippen molar-refractivity contribution in [1.82, 2.24) is 0 Å². The summed E-state index contributed by atoms with van der Waals surface area (Å²) >= 11 is 0. The van der Waals surface area contributed by atoms with Gasteiger partial charge >= 0.3 is 5.97 Å². The Kier molecular flexibility index (Phi) is 11.2. The number of rotatable bonds is 10. The third-order valence-corrected chi connectivity index (χ3v) is 4.57. The minimum absolute atomic E-state index is 0. The van der Waals surface area contributed by atoms with Crippen molar-refractivity contribution in [3.05, 3.63) is 59.7 Å². The first kappa shape index (κ1) is 27.9. The van der Waals surface area contributed by atoms with E-state index in [9.17, 15) is 9.59 Å². The molecular formula is C25H35IN2O4. The van der Waals surface area contributed by atoms with Gasteiger partial charge in [0.25, 0.3) is 5.91 Å². The lowest BCUT2D eigenvalue weighted by molar-refractivity contribution is -0.873. The van der Waals surface area contributed by atoms with Gasteiger partial charge in [0.05, 0.1) is 33.3 Å². The number of benzene rings is 2. The molecule has 0 saturated carbocycles. The quantitative estimate of drug-likeness (QED) is 0.276. The number of carbonyl (C=O) groups is 2. The number of likely N-dealkylation sites (N-methyl/N-ethyl adjacent to an activating group) is 1. The smallest absolute Gasteiger partial charge is 0.338 e. The average Bonchev–Trinajstić information content (AvgIpc) is 2.67. The van der Waals surface area contributed by atoms with Crippen LogP contribution in [0.4, 0.5) is 5.69 Å². The van der Waals surface area contributed by atoms with E-state index in [0.29, 0.717) is 33.8 Å². The number of carbonyl (C=O) groups excluding carboxylic acids is 2. The van der Waals surface area contributed by atoms with E-state index >= 15 is 0 Å². The highest BCUT2D eigenvalue weighted by Crippen LogP contribution is 2.16. The molecule has 2 aromatic rings. The molecule has 7 heteroatoms. The normalized spacial score (nSPS) is 12.0. The van der Waals surface area contributed by atoms with E-state index in [2.05, 4.69) is 40.3 Å². The van der Waals surface area contributed by atoms with E-state index in [-0.39, 0.29) is 42.0 Å². The largest absolute Gasteiger partial charge is 1.00 e. The number of nitrogens with one attached hydrogen (secondary N) is 1. The van der Waals surface area contributed by atoms with Crippen molar-refractivity contribution in [1.29, 1.82) is 0 Å². The second kappa shape index (κ2) is 12.8. The van der Waals surface area contributed by atoms with Crippen LogP contribution in [0.25, 0.3) is 0 Å². The summed E-state index contributed by atoms with van der Waals surface area (Å²) in [6, 6.07) is 13.8. The molecule has 0 aliphatic rings. The Hall–Kier alpha value is -2.13. The van der Waals surface area contributed by atoms with Gasteiger partial charge in [-0.2, -0.15) is 0 Å². The summed E-state index contributed by atoms with van der Waals surface area (Å²) in [6.45, 7) is 7.57. The molecule has 1 atom stereocenters. The minimum Gasteiger partial charge on any atom is -1.00 e. The van der Waals surface area contributed by atoms with Crippen LogP contribution in [0.15, 0.2) is 48.5 Å². The van der Waals surface area contributed by atoms with Gasteiger partial charge in [0.1, 0.15) is 18.4 Å². The van der Waals surface area contributed by atoms with Gasteiger partial charge in [0, 0.05) is 11.3 Å². The van der Waals surface area contributed by atoms with Crippen molar-refractivity contribution in [2.45, 2.75) is 33.3 Å². The molecule has 6 nitrogen and oxygen atoms in total. The van der Waals surface area contributed by atoms with Crippen molar-refractivity contribution < 1.29 is 47.5 Å². The fourth-order valence-electron chi connectivity index (χ4n) is 3.07. The first-order valence-electron chi connectivity index (χ1n) is 10.7. The predicted octanol–water partition coefficient (Wildman–Crippen LogP) is 1.62. The molecule has 0 bridgehead atoms. The lowest BCUT2D eigenvalue weighted by atomic mass is 10.1. The molecule has 0 saturated heterocycles. The molecule has 176 valence electrons. The number of halogens is 1. The van der Waals surface area contributed by atoms with Gasteiger partial charge in [-0.15, -0.1) is 0 Å². The first-order valence-corrected chi connectivity index (χ1v) is 10.7. The van der Waals surface area contributed by atoms with Crippen LogP contribution < -0.4 is 34.0 Å². The van der Waals surface area contributed by atoms with Crippen LogP contribution in [0.1, 0.15) is 47.9 Å². The second-order valence-corrected chi connectivity index (χ2v) is 9.28. The van der Waals surface area contributed by atoms with Gasteiger partial charge in [-0.1, -0.05) is 13.8 Å². The number of amides is 1. The maximum Gasteiger partial charge on any atom is 0.338 e. The molecule has 0 aliphatic carbocycles. The van der Waals surface area contributed by atoms with Crippen LogP contribution in [-0.2, 0) is 4.74 Å². The third kappa shape index (κ3) is 9.99. The Morgan fingerprint density at radius 3 is 2.00 bits per heavy atom. The molecule has 0 aromatic heterocycles. The summed E-state index contributed by atoms with van der Waals surface area (Å²) in [5.74, 6) is 0.747. The monoisotopic (exact) mass is 554 g/mol. The number of esters is 1. The molecule has 2 aromatic carbocycles. The van der Waals surface area contributed by atoms with E-state index in [1.807, 2.05) is 6.92 Å². The number of anilines is 1. The van der Waals surface area contributed by atoms with Crippen LogP contribution in [0, 0.1) is 5.92 Å². The summed E-state index contributed by atoms with van der Waals surface area (Å²) in [7, 11) is 6.15. The predicted molar refractivity (Wildman–Crippen MR) is 124 cm³/mol. The zero-order valence-corrected chi connectivity index (χ0v) is 22.0. The number of hydrogen-bond donors (Lipinski definition) is 1. The standard InChI is InChI=1S/C25H34N2O4.HI/c1-18(2)15-16-30-23-13-9-20(10-14-23)24(28)26-22-11-7-21(8-12-22)25(29)31-19(3)17-27(4,5)6;/h7-14,18-19H,15-17H2,1-6H3;1H. The molecule has 1 N–H and O–H groups in total. The number of hydrogen-bond acceptors (Lipinski definition) is 4. The molecule has 0 spiro atoms. The maximum atomic E-state index is 12.5.